The highest BCUT2D eigenvalue weighted by atomic mass is 32.2. The van der Waals surface area contributed by atoms with Crippen molar-refractivity contribution in [2.75, 3.05) is 52.8 Å². The topological polar surface area (TPSA) is 78.8 Å². The molecule has 0 atom stereocenters. The summed E-state index contributed by atoms with van der Waals surface area (Å²) in [5, 5.41) is 22.9. The zero-order valence-corrected chi connectivity index (χ0v) is 36.5. The Kier molecular flexibility index (Phi) is 38.7. The minimum Gasteiger partial charge on any atom is -0.394 e. The van der Waals surface area contributed by atoms with E-state index in [9.17, 15) is 15.0 Å². The molecule has 0 aromatic carbocycles. The zero-order valence-electron chi connectivity index (χ0n) is 35.6. The fourth-order valence-electron chi connectivity index (χ4n) is 7.24. The van der Waals surface area contributed by atoms with Gasteiger partial charge in [0.25, 0.3) is 0 Å². The lowest BCUT2D eigenvalue weighted by molar-refractivity contribution is -0.890. The average molecular weight is 758 g/mol. The van der Waals surface area contributed by atoms with Gasteiger partial charge in [-0.05, 0) is 31.3 Å². The molecule has 0 unspecified atom stereocenters. The Morgan fingerprint density at radius 3 is 1.21 bits per heavy atom. The van der Waals surface area contributed by atoms with Crippen molar-refractivity contribution in [3.63, 3.8) is 0 Å². The number of unbranched alkanes of at least 4 members (excludes halogenated alkanes) is 29. The largest absolute Gasteiger partial charge is 0.394 e. The van der Waals surface area contributed by atoms with Gasteiger partial charge in [-0.2, -0.15) is 0 Å². The fourth-order valence-corrected chi connectivity index (χ4v) is 7.91. The van der Waals surface area contributed by atoms with E-state index in [0.29, 0.717) is 6.42 Å². The van der Waals surface area contributed by atoms with E-state index in [1.807, 2.05) is 0 Å². The Morgan fingerprint density at radius 2 is 0.846 bits per heavy atom. The molecule has 0 aliphatic carbocycles. The van der Waals surface area contributed by atoms with E-state index in [2.05, 4.69) is 33.3 Å². The van der Waals surface area contributed by atoms with Crippen LogP contribution in [0.3, 0.4) is 0 Å². The fraction of sp³-hybridized carbons (Fsp3) is 0.978. The van der Waals surface area contributed by atoms with E-state index >= 15 is 0 Å². The SMILES string of the molecule is CCCCCCCCCCCCCCCCCCCC[N+](C)(C)CCCSOCC(CO)(CO)NC(=O)CCCCCCCCCCCCCCC. The van der Waals surface area contributed by atoms with Gasteiger partial charge in [0.2, 0.25) is 5.91 Å². The molecule has 0 spiro atoms. The first kappa shape index (κ1) is 51.7. The van der Waals surface area contributed by atoms with Crippen molar-refractivity contribution in [1.82, 2.24) is 5.32 Å². The Labute approximate surface area is 330 Å². The van der Waals surface area contributed by atoms with Gasteiger partial charge in [-0.25, -0.2) is 0 Å². The van der Waals surface area contributed by atoms with Gasteiger partial charge in [-0.15, -0.1) is 0 Å². The number of amides is 1. The number of quaternary nitrogens is 1. The number of rotatable bonds is 43. The number of hydrogen-bond acceptors (Lipinski definition) is 5. The van der Waals surface area contributed by atoms with E-state index in [1.165, 1.54) is 205 Å². The molecule has 1 amide bonds. The number of carbonyl (C=O) groups excluding carboxylic acids is 1. The molecule has 7 heteroatoms. The van der Waals surface area contributed by atoms with E-state index < -0.39 is 5.54 Å². The van der Waals surface area contributed by atoms with Gasteiger partial charge in [0.15, 0.2) is 0 Å². The normalized spacial score (nSPS) is 12.2. The van der Waals surface area contributed by atoms with Crippen LogP contribution in [0.4, 0.5) is 0 Å². The van der Waals surface area contributed by atoms with Gasteiger partial charge >= 0.3 is 0 Å². The maximum Gasteiger partial charge on any atom is 0.220 e. The second-order valence-electron chi connectivity index (χ2n) is 17.0. The number of hydrogen-bond donors (Lipinski definition) is 3. The Balaban J connectivity index is 3.74. The lowest BCUT2D eigenvalue weighted by atomic mass is 10.0. The lowest BCUT2D eigenvalue weighted by Crippen LogP contribution is -2.57. The van der Waals surface area contributed by atoms with Crippen molar-refractivity contribution in [3.8, 4) is 0 Å². The van der Waals surface area contributed by atoms with Gasteiger partial charge in [-0.1, -0.05) is 194 Å². The summed E-state index contributed by atoms with van der Waals surface area (Å²) in [5.41, 5.74) is -1.12. The van der Waals surface area contributed by atoms with Crippen LogP contribution in [-0.2, 0) is 8.98 Å². The molecule has 0 bridgehead atoms. The molecular weight excluding hydrogens is 665 g/mol. The molecule has 0 rings (SSSR count). The molecular formula is C45H93N2O4S+. The molecule has 0 saturated carbocycles. The molecule has 0 aromatic rings. The summed E-state index contributed by atoms with van der Waals surface area (Å²) in [5.74, 6) is 0.749. The van der Waals surface area contributed by atoms with Gasteiger partial charge in [-0.3, -0.25) is 4.79 Å². The highest BCUT2D eigenvalue weighted by molar-refractivity contribution is 7.94. The second-order valence-corrected chi connectivity index (χ2v) is 17.8. The molecule has 0 radical (unpaired) electrons. The minimum absolute atomic E-state index is 0.104. The van der Waals surface area contributed by atoms with Crippen LogP contribution in [0.15, 0.2) is 0 Å². The molecule has 3 N–H and O–H groups in total. The molecule has 0 heterocycles. The maximum atomic E-state index is 12.6. The van der Waals surface area contributed by atoms with Crippen LogP contribution in [0.1, 0.15) is 226 Å². The third-order valence-corrected chi connectivity index (χ3v) is 11.8. The van der Waals surface area contributed by atoms with Crippen LogP contribution in [-0.4, -0.2) is 78.9 Å². The van der Waals surface area contributed by atoms with Crippen molar-refractivity contribution in [1.29, 1.82) is 0 Å². The third kappa shape index (κ3) is 35.4. The monoisotopic (exact) mass is 758 g/mol. The Morgan fingerprint density at radius 1 is 0.519 bits per heavy atom. The first-order chi connectivity index (χ1) is 25.3. The summed E-state index contributed by atoms with van der Waals surface area (Å²) in [6.45, 7) is 6.32. The van der Waals surface area contributed by atoms with Crippen LogP contribution in [0, 0.1) is 0 Å². The molecule has 0 saturated heterocycles. The average Bonchev–Trinajstić information content (AvgIpc) is 3.13. The third-order valence-electron chi connectivity index (χ3n) is 11.0. The molecule has 312 valence electrons. The lowest BCUT2D eigenvalue weighted by Gasteiger charge is -2.31. The van der Waals surface area contributed by atoms with E-state index in [0.717, 1.165) is 36.0 Å². The molecule has 0 aliphatic heterocycles. The van der Waals surface area contributed by atoms with Crippen LogP contribution < -0.4 is 5.32 Å². The summed E-state index contributed by atoms with van der Waals surface area (Å²) in [6.07, 6.45) is 43.5. The molecule has 0 aromatic heterocycles. The second kappa shape index (κ2) is 38.9. The van der Waals surface area contributed by atoms with Crippen LogP contribution in [0.5, 0.6) is 0 Å². The van der Waals surface area contributed by atoms with Crippen LogP contribution in [0.2, 0.25) is 0 Å². The number of aliphatic hydroxyl groups excluding tert-OH is 2. The molecule has 0 aliphatic rings. The van der Waals surface area contributed by atoms with Gasteiger partial charge in [0, 0.05) is 18.6 Å². The zero-order chi connectivity index (χ0) is 38.3. The van der Waals surface area contributed by atoms with E-state index in [4.69, 9.17) is 4.18 Å². The predicted molar refractivity (Wildman–Crippen MR) is 229 cm³/mol. The van der Waals surface area contributed by atoms with Gasteiger partial charge in [0.1, 0.15) is 5.54 Å². The van der Waals surface area contributed by atoms with Gasteiger partial charge < -0.3 is 24.2 Å². The highest BCUT2D eigenvalue weighted by Gasteiger charge is 2.31. The smallest absolute Gasteiger partial charge is 0.220 e. The predicted octanol–water partition coefficient (Wildman–Crippen LogP) is 12.5. The van der Waals surface area contributed by atoms with Crippen molar-refractivity contribution < 1.29 is 23.7 Å². The number of carbonyl (C=O) groups is 1. The summed E-state index contributed by atoms with van der Waals surface area (Å²) >= 11 is 1.38. The van der Waals surface area contributed by atoms with Crippen molar-refractivity contribution in [2.24, 2.45) is 0 Å². The molecule has 0 fully saturated rings. The van der Waals surface area contributed by atoms with Crippen LogP contribution in [0.25, 0.3) is 0 Å². The minimum atomic E-state index is -1.12. The summed E-state index contributed by atoms with van der Waals surface area (Å²) in [4.78, 5) is 12.6. The van der Waals surface area contributed by atoms with Crippen molar-refractivity contribution >= 4 is 17.9 Å². The molecule has 52 heavy (non-hydrogen) atoms. The van der Waals surface area contributed by atoms with E-state index in [-0.39, 0.29) is 25.7 Å². The van der Waals surface area contributed by atoms with Crippen molar-refractivity contribution in [3.05, 3.63) is 0 Å². The van der Waals surface area contributed by atoms with Gasteiger partial charge in [0.05, 0.1) is 47.0 Å². The number of nitrogens with zero attached hydrogens (tertiary/aromatic N) is 1. The summed E-state index contributed by atoms with van der Waals surface area (Å²) in [6, 6.07) is 0. The number of aliphatic hydroxyl groups is 2. The first-order valence-electron chi connectivity index (χ1n) is 22.9. The van der Waals surface area contributed by atoms with Crippen LogP contribution >= 0.6 is 12.0 Å². The van der Waals surface area contributed by atoms with Crippen molar-refractivity contribution in [2.45, 2.75) is 231 Å². The Bertz CT molecular complexity index is 734. The number of nitrogens with one attached hydrogen (secondary N) is 1. The standard InChI is InChI=1S/C45H92N2O4S/c1-5-7-9-11-13-15-17-19-20-21-22-23-25-27-29-31-33-35-38-47(3,4)39-36-40-52-51-43-45(41-48,42-49)46-44(50)37-34-32-30-28-26-24-18-16-14-12-10-8-6-2/h48-49H,5-43H2,1-4H3/p+1. The maximum absolute atomic E-state index is 12.6. The Hall–Kier alpha value is -0.340. The van der Waals surface area contributed by atoms with E-state index in [1.54, 1.807) is 0 Å². The molecule has 6 nitrogen and oxygen atoms in total. The summed E-state index contributed by atoms with van der Waals surface area (Å²) in [7, 11) is 4.66. The quantitative estimate of drug-likeness (QED) is 0.0328. The first-order valence-corrected chi connectivity index (χ1v) is 23.8. The summed E-state index contributed by atoms with van der Waals surface area (Å²) < 4.78 is 6.83. The highest BCUT2D eigenvalue weighted by Crippen LogP contribution is 2.17.